The molecule has 130 valence electrons. The topological polar surface area (TPSA) is 0 Å². The summed E-state index contributed by atoms with van der Waals surface area (Å²) in [4.78, 5) is 0. The van der Waals surface area contributed by atoms with E-state index in [1.54, 1.807) is 33.4 Å². The van der Waals surface area contributed by atoms with Gasteiger partial charge in [0, 0.05) is 5.54 Å². The first kappa shape index (κ1) is 16.9. The van der Waals surface area contributed by atoms with Crippen LogP contribution in [0.25, 0.3) is 6.08 Å². The number of allylic oxidation sites excluding steroid dienone is 1. The van der Waals surface area contributed by atoms with Crippen LogP contribution in [-0.4, -0.2) is 7.38 Å². The van der Waals surface area contributed by atoms with Gasteiger partial charge in [0.25, 0.3) is 0 Å². The summed E-state index contributed by atoms with van der Waals surface area (Å²) in [6.07, 6.45) is 7.48. The van der Waals surface area contributed by atoms with Crippen LogP contribution in [0.3, 0.4) is 0 Å². The van der Waals surface area contributed by atoms with Crippen LogP contribution in [0, 0.1) is 10.8 Å². The Morgan fingerprint density at radius 2 is 1.33 bits per heavy atom. The third-order valence-corrected chi connectivity index (χ3v) is 9.23. The highest BCUT2D eigenvalue weighted by Gasteiger charge is 2.46. The molecule has 4 rings (SSSR count). The monoisotopic (exact) mass is 358 g/mol. The van der Waals surface area contributed by atoms with Crippen LogP contribution in [0.15, 0.2) is 5.57 Å². The van der Waals surface area contributed by atoms with E-state index in [2.05, 4.69) is 53.8 Å². The lowest BCUT2D eigenvalue weighted by atomic mass is 9.88. The molecular formula is C22H31ClSi. The third-order valence-electron chi connectivity index (χ3n) is 6.46. The number of fused-ring (bicyclic) bond motifs is 6. The maximum absolute atomic E-state index is 7.04. The highest BCUT2D eigenvalue weighted by atomic mass is 35.6. The minimum Gasteiger partial charge on any atom is -0.167 e. The summed E-state index contributed by atoms with van der Waals surface area (Å²) in [6.45, 7) is 16.7. The van der Waals surface area contributed by atoms with Crippen molar-refractivity contribution in [3.8, 4) is 0 Å². The van der Waals surface area contributed by atoms with Crippen molar-refractivity contribution in [1.29, 1.82) is 0 Å². The molecule has 24 heavy (non-hydrogen) atoms. The van der Waals surface area contributed by atoms with Crippen LogP contribution >= 0.6 is 11.1 Å². The van der Waals surface area contributed by atoms with Gasteiger partial charge in [-0.05, 0) is 76.8 Å². The summed E-state index contributed by atoms with van der Waals surface area (Å²) in [5.74, 6) is 0. The number of halogens is 1. The van der Waals surface area contributed by atoms with Crippen LogP contribution in [-0.2, 0) is 25.7 Å². The molecule has 0 heterocycles. The Bertz CT molecular complexity index is 774. The average Bonchev–Trinajstić information content (AvgIpc) is 2.98. The molecule has 1 atom stereocenters. The second-order valence-corrected chi connectivity index (χ2v) is 17.3. The lowest BCUT2D eigenvalue weighted by Gasteiger charge is -2.28. The second kappa shape index (κ2) is 4.80. The van der Waals surface area contributed by atoms with Crippen molar-refractivity contribution in [2.75, 3.05) is 0 Å². The molecule has 0 saturated heterocycles. The number of benzene rings is 1. The molecule has 0 aromatic heterocycles. The lowest BCUT2D eigenvalue weighted by Crippen LogP contribution is -2.29. The lowest BCUT2D eigenvalue weighted by molar-refractivity contribution is 0.383. The fourth-order valence-corrected chi connectivity index (χ4v) is 8.83. The van der Waals surface area contributed by atoms with Crippen LogP contribution in [0.2, 0.25) is 13.1 Å². The van der Waals surface area contributed by atoms with Crippen LogP contribution in [0.5, 0.6) is 0 Å². The summed E-state index contributed by atoms with van der Waals surface area (Å²) in [6, 6.07) is 0. The smallest absolute Gasteiger partial charge is 0.161 e. The highest BCUT2D eigenvalue weighted by Crippen LogP contribution is 2.55. The van der Waals surface area contributed by atoms with Crippen LogP contribution in [0.4, 0.5) is 0 Å². The summed E-state index contributed by atoms with van der Waals surface area (Å²) in [5.41, 5.74) is 12.8. The van der Waals surface area contributed by atoms with E-state index in [4.69, 9.17) is 11.1 Å². The molecule has 0 radical (unpaired) electrons. The SMILES string of the molecule is CC1=Cc2c3c(c4c(c2C1[Si](C)(C)Cl)CC(C)(C)C4)CC(C)(C)C3. The van der Waals surface area contributed by atoms with E-state index in [9.17, 15) is 0 Å². The van der Waals surface area contributed by atoms with E-state index in [-0.39, 0.29) is 0 Å². The first-order valence-corrected chi connectivity index (χ1v) is 13.5. The summed E-state index contributed by atoms with van der Waals surface area (Å²) >= 11 is 7.04. The second-order valence-electron chi connectivity index (χ2n) is 10.7. The van der Waals surface area contributed by atoms with Gasteiger partial charge >= 0.3 is 0 Å². The van der Waals surface area contributed by atoms with E-state index in [0.29, 0.717) is 16.4 Å². The maximum Gasteiger partial charge on any atom is 0.161 e. The molecular weight excluding hydrogens is 328 g/mol. The fraction of sp³-hybridized carbons (Fsp3) is 0.636. The molecule has 1 aromatic rings. The molecule has 0 bridgehead atoms. The molecule has 0 aliphatic heterocycles. The summed E-state index contributed by atoms with van der Waals surface area (Å²) < 4.78 is 0. The molecule has 0 saturated carbocycles. The van der Waals surface area contributed by atoms with Gasteiger partial charge in [0.1, 0.15) is 0 Å². The average molecular weight is 359 g/mol. The van der Waals surface area contributed by atoms with Crippen molar-refractivity contribution in [2.24, 2.45) is 10.8 Å². The fourth-order valence-electron chi connectivity index (χ4n) is 5.80. The maximum atomic E-state index is 7.04. The molecule has 0 nitrogen and oxygen atoms in total. The standard InChI is InChI=1S/C22H31ClSi/c1-13-8-14-15-9-21(2,3)10-16(15)17-11-22(4,5)12-18(17)19(14)20(13)24(6,7)23/h8,20H,9-12H2,1-7H3. The normalized spacial score (nSPS) is 26.2. The first-order chi connectivity index (χ1) is 10.9. The first-order valence-electron chi connectivity index (χ1n) is 9.46. The van der Waals surface area contributed by atoms with Gasteiger partial charge in [-0.15, -0.1) is 0 Å². The Hall–Kier alpha value is -0.533. The van der Waals surface area contributed by atoms with Crippen molar-refractivity contribution in [2.45, 2.75) is 78.9 Å². The van der Waals surface area contributed by atoms with Crippen molar-refractivity contribution < 1.29 is 0 Å². The minimum atomic E-state index is -1.79. The zero-order valence-electron chi connectivity index (χ0n) is 16.4. The Balaban J connectivity index is 2.02. The third kappa shape index (κ3) is 2.38. The van der Waals surface area contributed by atoms with Crippen LogP contribution in [0.1, 0.15) is 73.5 Å². The molecule has 0 spiro atoms. The number of hydrogen-bond donors (Lipinski definition) is 0. The molecule has 0 amide bonds. The quantitative estimate of drug-likeness (QED) is 0.401. The van der Waals surface area contributed by atoms with E-state index >= 15 is 0 Å². The Labute approximate surface area is 153 Å². The van der Waals surface area contributed by atoms with Crippen molar-refractivity contribution >= 4 is 24.5 Å². The van der Waals surface area contributed by atoms with Crippen molar-refractivity contribution in [3.63, 3.8) is 0 Å². The minimum absolute atomic E-state index is 0.400. The summed E-state index contributed by atoms with van der Waals surface area (Å²) in [7, 11) is -1.79. The van der Waals surface area contributed by atoms with E-state index < -0.39 is 7.38 Å². The Morgan fingerprint density at radius 1 is 0.875 bits per heavy atom. The number of rotatable bonds is 1. The molecule has 3 aliphatic carbocycles. The highest BCUT2D eigenvalue weighted by molar-refractivity contribution is 7.20. The largest absolute Gasteiger partial charge is 0.167 e. The van der Waals surface area contributed by atoms with Gasteiger partial charge in [-0.3, -0.25) is 0 Å². The predicted octanol–water partition coefficient (Wildman–Crippen LogP) is 6.42. The Kier molecular flexibility index (Phi) is 3.38. The van der Waals surface area contributed by atoms with Crippen LogP contribution < -0.4 is 0 Å². The molecule has 0 fully saturated rings. The van der Waals surface area contributed by atoms with Crippen molar-refractivity contribution in [1.82, 2.24) is 0 Å². The summed E-state index contributed by atoms with van der Waals surface area (Å²) in [5, 5.41) is 0. The number of hydrogen-bond acceptors (Lipinski definition) is 0. The zero-order chi connectivity index (χ0) is 17.7. The van der Waals surface area contributed by atoms with Gasteiger partial charge < -0.3 is 0 Å². The Morgan fingerprint density at radius 3 is 1.88 bits per heavy atom. The van der Waals surface area contributed by atoms with Crippen molar-refractivity contribution in [3.05, 3.63) is 39.0 Å². The van der Waals surface area contributed by atoms with E-state index in [1.165, 1.54) is 31.3 Å². The zero-order valence-corrected chi connectivity index (χ0v) is 18.1. The van der Waals surface area contributed by atoms with Gasteiger partial charge in [-0.2, -0.15) is 11.1 Å². The van der Waals surface area contributed by atoms with E-state index in [1.807, 2.05) is 0 Å². The molecule has 3 aliphatic rings. The van der Waals surface area contributed by atoms with Gasteiger partial charge in [0.2, 0.25) is 0 Å². The van der Waals surface area contributed by atoms with Gasteiger partial charge in [0.05, 0.1) is 0 Å². The van der Waals surface area contributed by atoms with E-state index in [0.717, 1.165) is 0 Å². The molecule has 2 heteroatoms. The predicted molar refractivity (Wildman–Crippen MR) is 109 cm³/mol. The molecule has 1 aromatic carbocycles. The van der Waals surface area contributed by atoms with Gasteiger partial charge in [-0.1, -0.05) is 52.4 Å². The molecule has 0 N–H and O–H groups in total. The van der Waals surface area contributed by atoms with Gasteiger partial charge in [0.15, 0.2) is 7.38 Å². The van der Waals surface area contributed by atoms with Gasteiger partial charge in [-0.25, -0.2) is 0 Å². The molecule has 1 unspecified atom stereocenters.